The summed E-state index contributed by atoms with van der Waals surface area (Å²) in [6.07, 6.45) is 0. The van der Waals surface area contributed by atoms with Crippen molar-refractivity contribution < 1.29 is 14.3 Å². The summed E-state index contributed by atoms with van der Waals surface area (Å²) in [7, 11) is 3.55. The molecule has 0 bridgehead atoms. The van der Waals surface area contributed by atoms with Gasteiger partial charge in [-0.25, -0.2) is 4.79 Å². The fourth-order valence-electron chi connectivity index (χ4n) is 3.02. The van der Waals surface area contributed by atoms with Gasteiger partial charge in [0.25, 0.3) is 0 Å². The second-order valence-corrected chi connectivity index (χ2v) is 6.51. The van der Waals surface area contributed by atoms with Crippen molar-refractivity contribution in [1.82, 2.24) is 15.5 Å². The summed E-state index contributed by atoms with van der Waals surface area (Å²) < 4.78 is 5.12. The van der Waals surface area contributed by atoms with Crippen molar-refractivity contribution in [1.29, 1.82) is 0 Å². The highest BCUT2D eigenvalue weighted by molar-refractivity contribution is 5.89. The molecule has 0 spiro atoms. The molecule has 0 saturated carbocycles. The highest BCUT2D eigenvalue weighted by Gasteiger charge is 2.24. The number of carbonyl (C=O) groups excluding carboxylic acids is 2. The van der Waals surface area contributed by atoms with Crippen molar-refractivity contribution in [2.24, 2.45) is 0 Å². The molecule has 1 heterocycles. The normalized spacial score (nSPS) is 17.1. The third kappa shape index (κ3) is 4.98. The zero-order valence-electron chi connectivity index (χ0n) is 15.5. The van der Waals surface area contributed by atoms with Crippen LogP contribution in [0.4, 0.5) is 10.5 Å². The topological polar surface area (TPSA) is 82.7 Å². The Kier molecular flexibility index (Phi) is 5.93. The average Bonchev–Trinajstić information content (AvgIpc) is 2.68. The van der Waals surface area contributed by atoms with Crippen LogP contribution in [0, 0.1) is 0 Å². The summed E-state index contributed by atoms with van der Waals surface area (Å²) >= 11 is 0. The van der Waals surface area contributed by atoms with Gasteiger partial charge in [0.05, 0.1) is 19.7 Å². The van der Waals surface area contributed by atoms with Gasteiger partial charge in [0.15, 0.2) is 0 Å². The van der Waals surface area contributed by atoms with E-state index in [-0.39, 0.29) is 18.0 Å². The first-order valence-electron chi connectivity index (χ1n) is 8.80. The van der Waals surface area contributed by atoms with Crippen LogP contribution < -0.4 is 20.7 Å². The van der Waals surface area contributed by atoms with E-state index in [4.69, 9.17) is 4.74 Å². The first-order valence-corrected chi connectivity index (χ1v) is 8.80. The second kappa shape index (κ2) is 8.55. The summed E-state index contributed by atoms with van der Waals surface area (Å²) in [5.41, 5.74) is 2.80. The molecule has 1 saturated heterocycles. The minimum Gasteiger partial charge on any atom is -0.497 e. The Morgan fingerprint density at radius 3 is 2.52 bits per heavy atom. The van der Waals surface area contributed by atoms with Crippen molar-refractivity contribution in [2.75, 3.05) is 32.6 Å². The largest absolute Gasteiger partial charge is 0.497 e. The molecule has 142 valence electrons. The van der Waals surface area contributed by atoms with E-state index < -0.39 is 0 Å². The second-order valence-electron chi connectivity index (χ2n) is 6.51. The van der Waals surface area contributed by atoms with Crippen molar-refractivity contribution in [2.45, 2.75) is 12.6 Å². The molecule has 7 nitrogen and oxygen atoms in total. The van der Waals surface area contributed by atoms with Crippen LogP contribution in [0.5, 0.6) is 5.75 Å². The van der Waals surface area contributed by atoms with Crippen molar-refractivity contribution in [3.05, 3.63) is 59.7 Å². The van der Waals surface area contributed by atoms with E-state index in [9.17, 15) is 9.59 Å². The summed E-state index contributed by atoms with van der Waals surface area (Å²) in [4.78, 5) is 25.5. The van der Waals surface area contributed by atoms with Crippen molar-refractivity contribution in [3.63, 3.8) is 0 Å². The molecule has 0 radical (unpaired) electrons. The molecular formula is C20H24N4O3. The van der Waals surface area contributed by atoms with Gasteiger partial charge in [-0.3, -0.25) is 9.69 Å². The number of benzene rings is 2. The predicted molar refractivity (Wildman–Crippen MR) is 104 cm³/mol. The van der Waals surface area contributed by atoms with Crippen LogP contribution in [0.1, 0.15) is 17.2 Å². The molecule has 1 aliphatic rings. The molecule has 2 aromatic rings. The molecule has 27 heavy (non-hydrogen) atoms. The number of ether oxygens (including phenoxy) is 1. The van der Waals surface area contributed by atoms with E-state index in [1.807, 2.05) is 60.5 Å². The van der Waals surface area contributed by atoms with Crippen LogP contribution in [0.15, 0.2) is 48.5 Å². The Morgan fingerprint density at radius 1 is 1.19 bits per heavy atom. The Hall–Kier alpha value is -3.06. The zero-order chi connectivity index (χ0) is 19.2. The lowest BCUT2D eigenvalue weighted by atomic mass is 10.0. The lowest BCUT2D eigenvalue weighted by Crippen LogP contribution is -2.47. The van der Waals surface area contributed by atoms with Crippen LogP contribution in [0.2, 0.25) is 0 Å². The first-order chi connectivity index (χ1) is 13.0. The summed E-state index contributed by atoms with van der Waals surface area (Å²) in [5.74, 6) is 0.826. The molecule has 0 aromatic heterocycles. The highest BCUT2D eigenvalue weighted by atomic mass is 16.5. The van der Waals surface area contributed by atoms with Crippen molar-refractivity contribution in [3.8, 4) is 5.75 Å². The highest BCUT2D eigenvalue weighted by Crippen LogP contribution is 2.22. The van der Waals surface area contributed by atoms with Crippen LogP contribution in [0.3, 0.4) is 0 Å². The number of piperazine rings is 1. The van der Waals surface area contributed by atoms with Crippen LogP contribution in [0.25, 0.3) is 0 Å². The zero-order valence-corrected chi connectivity index (χ0v) is 15.5. The van der Waals surface area contributed by atoms with E-state index in [1.54, 1.807) is 7.11 Å². The van der Waals surface area contributed by atoms with Crippen LogP contribution in [-0.2, 0) is 11.3 Å². The molecule has 2 aromatic carbocycles. The smallest absolute Gasteiger partial charge is 0.319 e. The van der Waals surface area contributed by atoms with Crippen LogP contribution in [-0.4, -0.2) is 44.1 Å². The lowest BCUT2D eigenvalue weighted by molar-refractivity contribution is -0.125. The summed E-state index contributed by atoms with van der Waals surface area (Å²) in [6.45, 7) is 1.41. The van der Waals surface area contributed by atoms with E-state index in [0.717, 1.165) is 16.9 Å². The maximum Gasteiger partial charge on any atom is 0.319 e. The molecule has 1 aliphatic heterocycles. The molecule has 0 aliphatic carbocycles. The summed E-state index contributed by atoms with van der Waals surface area (Å²) in [5, 5.41) is 8.53. The molecule has 1 atom stereocenters. The molecular weight excluding hydrogens is 344 g/mol. The standard InChI is InChI=1S/C20H24N4O3/c1-24-13-19(25)21-12-18(24)15-5-7-16(8-6-15)23-20(26)22-11-14-3-9-17(27-2)10-4-14/h3-10,18H,11-13H2,1-2H3,(H,21,25)(H2,22,23,26)/t18-/m0/s1. The number of nitrogens with zero attached hydrogens (tertiary/aromatic N) is 1. The van der Waals surface area contributed by atoms with E-state index in [1.165, 1.54) is 0 Å². The van der Waals surface area contributed by atoms with Crippen molar-refractivity contribution >= 4 is 17.6 Å². The third-order valence-corrected chi connectivity index (χ3v) is 4.58. The average molecular weight is 368 g/mol. The quantitative estimate of drug-likeness (QED) is 0.755. The van der Waals surface area contributed by atoms with E-state index in [0.29, 0.717) is 25.3 Å². The molecule has 7 heteroatoms. The molecule has 3 rings (SSSR count). The van der Waals surface area contributed by atoms with Gasteiger partial charge in [0.1, 0.15) is 5.75 Å². The number of carbonyl (C=O) groups is 2. The van der Waals surface area contributed by atoms with E-state index >= 15 is 0 Å². The van der Waals surface area contributed by atoms with Gasteiger partial charge in [-0.2, -0.15) is 0 Å². The fraction of sp³-hybridized carbons (Fsp3) is 0.300. The number of likely N-dealkylation sites (N-methyl/N-ethyl adjacent to an activating group) is 1. The number of hydrogen-bond acceptors (Lipinski definition) is 4. The lowest BCUT2D eigenvalue weighted by Gasteiger charge is -2.32. The molecule has 3 amide bonds. The summed E-state index contributed by atoms with van der Waals surface area (Å²) in [6, 6.07) is 15.1. The third-order valence-electron chi connectivity index (χ3n) is 4.58. The van der Waals surface area contributed by atoms with E-state index in [2.05, 4.69) is 16.0 Å². The van der Waals surface area contributed by atoms with Gasteiger partial charge in [0, 0.05) is 18.8 Å². The number of rotatable bonds is 5. The minimum absolute atomic E-state index is 0.0422. The van der Waals surface area contributed by atoms with Gasteiger partial charge < -0.3 is 20.7 Å². The number of urea groups is 1. The number of hydrogen-bond donors (Lipinski definition) is 3. The van der Waals surface area contributed by atoms with Gasteiger partial charge in [-0.1, -0.05) is 24.3 Å². The number of anilines is 1. The number of methoxy groups -OCH3 is 1. The SMILES string of the molecule is COc1ccc(CNC(=O)Nc2ccc([C@@H]3CNC(=O)CN3C)cc2)cc1. The molecule has 3 N–H and O–H groups in total. The Labute approximate surface area is 158 Å². The Balaban J connectivity index is 1.51. The predicted octanol–water partition coefficient (Wildman–Crippen LogP) is 2.12. The van der Waals surface area contributed by atoms with Gasteiger partial charge in [-0.05, 0) is 42.4 Å². The van der Waals surface area contributed by atoms with Crippen LogP contribution >= 0.6 is 0 Å². The fourth-order valence-corrected chi connectivity index (χ4v) is 3.02. The minimum atomic E-state index is -0.263. The Bertz CT molecular complexity index is 790. The number of nitrogens with one attached hydrogen (secondary N) is 3. The Morgan fingerprint density at radius 2 is 1.89 bits per heavy atom. The van der Waals surface area contributed by atoms with Gasteiger partial charge in [0.2, 0.25) is 5.91 Å². The first kappa shape index (κ1) is 18.7. The van der Waals surface area contributed by atoms with Gasteiger partial charge in [-0.15, -0.1) is 0 Å². The number of amides is 3. The van der Waals surface area contributed by atoms with Gasteiger partial charge >= 0.3 is 6.03 Å². The maximum absolute atomic E-state index is 12.1. The monoisotopic (exact) mass is 368 g/mol. The molecule has 0 unspecified atom stereocenters. The maximum atomic E-state index is 12.1. The molecule has 1 fully saturated rings.